The third kappa shape index (κ3) is 4.54. The summed E-state index contributed by atoms with van der Waals surface area (Å²) >= 11 is 5.99. The number of hydrogen-bond donors (Lipinski definition) is 1. The Labute approximate surface area is 168 Å². The molecule has 0 unspecified atom stereocenters. The van der Waals surface area contributed by atoms with Crippen molar-refractivity contribution in [3.63, 3.8) is 0 Å². The summed E-state index contributed by atoms with van der Waals surface area (Å²) in [6.45, 7) is 1.57. The van der Waals surface area contributed by atoms with Crippen molar-refractivity contribution in [3.05, 3.63) is 57.1 Å². The van der Waals surface area contributed by atoms with Gasteiger partial charge in [-0.1, -0.05) is 24.4 Å². The predicted molar refractivity (Wildman–Crippen MR) is 110 cm³/mol. The molecule has 28 heavy (non-hydrogen) atoms. The largest absolute Gasteiger partial charge is 0.495 e. The van der Waals surface area contributed by atoms with Gasteiger partial charge in [-0.25, -0.2) is 0 Å². The van der Waals surface area contributed by atoms with E-state index in [1.165, 1.54) is 13.2 Å². The van der Waals surface area contributed by atoms with Crippen LogP contribution in [0.1, 0.15) is 36.0 Å². The number of nitro groups is 1. The maximum absolute atomic E-state index is 12.7. The zero-order chi connectivity index (χ0) is 20.1. The predicted octanol–water partition coefficient (Wildman–Crippen LogP) is 4.89. The number of methoxy groups -OCH3 is 1. The normalized spacial score (nSPS) is 14.3. The molecule has 148 valence electrons. The minimum atomic E-state index is -0.467. The quantitative estimate of drug-likeness (QED) is 0.567. The van der Waals surface area contributed by atoms with Crippen molar-refractivity contribution in [1.82, 2.24) is 0 Å². The average Bonchev–Trinajstić information content (AvgIpc) is 2.97. The number of rotatable bonds is 5. The second-order valence-electron chi connectivity index (χ2n) is 6.66. The number of benzene rings is 2. The second-order valence-corrected chi connectivity index (χ2v) is 7.10. The molecule has 0 radical (unpaired) electrons. The summed E-state index contributed by atoms with van der Waals surface area (Å²) in [7, 11) is 1.49. The lowest BCUT2D eigenvalue weighted by Gasteiger charge is -2.22. The van der Waals surface area contributed by atoms with E-state index in [1.807, 2.05) is 4.90 Å². The highest BCUT2D eigenvalue weighted by atomic mass is 35.5. The maximum Gasteiger partial charge on any atom is 0.293 e. The van der Waals surface area contributed by atoms with Gasteiger partial charge >= 0.3 is 0 Å². The van der Waals surface area contributed by atoms with Crippen molar-refractivity contribution in [2.24, 2.45) is 0 Å². The number of nitrogens with one attached hydrogen (secondary N) is 1. The lowest BCUT2D eigenvalue weighted by atomic mass is 10.1. The molecule has 1 saturated heterocycles. The number of amides is 1. The van der Waals surface area contributed by atoms with Gasteiger partial charge in [-0.2, -0.15) is 0 Å². The molecule has 0 aromatic heterocycles. The summed E-state index contributed by atoms with van der Waals surface area (Å²) in [5, 5.41) is 14.8. The third-order valence-corrected chi connectivity index (χ3v) is 5.03. The number of ether oxygens (including phenoxy) is 1. The molecular weight excluding hydrogens is 382 g/mol. The molecule has 1 fully saturated rings. The Balaban J connectivity index is 1.88. The summed E-state index contributed by atoms with van der Waals surface area (Å²) in [6.07, 6.45) is 4.28. The van der Waals surface area contributed by atoms with Crippen molar-refractivity contribution in [2.75, 3.05) is 30.4 Å². The van der Waals surface area contributed by atoms with E-state index in [2.05, 4.69) is 5.32 Å². The summed E-state index contributed by atoms with van der Waals surface area (Å²) in [6, 6.07) is 9.46. The van der Waals surface area contributed by atoms with Gasteiger partial charge < -0.3 is 15.0 Å². The molecule has 1 amide bonds. The zero-order valence-electron chi connectivity index (χ0n) is 15.6. The SMILES string of the molecule is COc1ccc(Cl)cc1NC(=O)c1ccc(N2CCCCCC2)c([N+](=O)[O-])c1. The van der Waals surface area contributed by atoms with Gasteiger partial charge in [0.2, 0.25) is 0 Å². The molecule has 0 spiro atoms. The first-order chi connectivity index (χ1) is 13.5. The first kappa shape index (κ1) is 19.9. The van der Waals surface area contributed by atoms with E-state index in [-0.39, 0.29) is 11.3 Å². The number of halogens is 1. The molecule has 1 aliphatic heterocycles. The van der Waals surface area contributed by atoms with Crippen LogP contribution < -0.4 is 15.0 Å². The van der Waals surface area contributed by atoms with Crippen LogP contribution in [0.25, 0.3) is 0 Å². The van der Waals surface area contributed by atoms with Gasteiger partial charge in [0.15, 0.2) is 0 Å². The molecule has 2 aromatic rings. The highest BCUT2D eigenvalue weighted by Gasteiger charge is 2.23. The second kappa shape index (κ2) is 8.93. The summed E-state index contributed by atoms with van der Waals surface area (Å²) in [5.74, 6) is -0.0143. The Hall–Kier alpha value is -2.80. The Morgan fingerprint density at radius 1 is 1.14 bits per heavy atom. The molecule has 0 saturated carbocycles. The monoisotopic (exact) mass is 403 g/mol. The van der Waals surface area contributed by atoms with Gasteiger partial charge in [0.05, 0.1) is 17.7 Å². The minimum absolute atomic E-state index is 0.0624. The Morgan fingerprint density at radius 2 is 1.86 bits per heavy atom. The number of anilines is 2. The van der Waals surface area contributed by atoms with Crippen LogP contribution in [0, 0.1) is 10.1 Å². The first-order valence-corrected chi connectivity index (χ1v) is 9.55. The van der Waals surface area contributed by atoms with Crippen molar-refractivity contribution >= 4 is 34.6 Å². The van der Waals surface area contributed by atoms with Gasteiger partial charge in [0.1, 0.15) is 11.4 Å². The van der Waals surface area contributed by atoms with Gasteiger partial charge in [-0.15, -0.1) is 0 Å². The van der Waals surface area contributed by atoms with Crippen LogP contribution in [0.3, 0.4) is 0 Å². The van der Waals surface area contributed by atoms with Crippen molar-refractivity contribution in [3.8, 4) is 5.75 Å². The van der Waals surface area contributed by atoms with Crippen LogP contribution in [0.4, 0.5) is 17.1 Å². The van der Waals surface area contributed by atoms with E-state index in [9.17, 15) is 14.9 Å². The molecule has 0 atom stereocenters. The van der Waals surface area contributed by atoms with Gasteiger partial charge in [-0.05, 0) is 43.2 Å². The molecule has 1 N–H and O–H groups in total. The number of carbonyl (C=O) groups excluding carboxylic acids is 1. The van der Waals surface area contributed by atoms with Gasteiger partial charge in [-0.3, -0.25) is 14.9 Å². The molecule has 1 heterocycles. The van der Waals surface area contributed by atoms with Crippen LogP contribution in [0.15, 0.2) is 36.4 Å². The molecule has 7 nitrogen and oxygen atoms in total. The fourth-order valence-electron chi connectivity index (χ4n) is 3.36. The molecule has 3 rings (SSSR count). The van der Waals surface area contributed by atoms with Crippen molar-refractivity contribution < 1.29 is 14.5 Å². The molecule has 8 heteroatoms. The van der Waals surface area contributed by atoms with E-state index in [4.69, 9.17) is 16.3 Å². The number of nitro benzene ring substituents is 1. The Bertz CT molecular complexity index is 880. The van der Waals surface area contributed by atoms with E-state index in [0.29, 0.717) is 22.1 Å². The standard InChI is InChI=1S/C20H22ClN3O4/c1-28-19-9-7-15(21)13-16(19)22-20(25)14-6-8-17(18(12-14)24(26)27)23-10-4-2-3-5-11-23/h6-9,12-13H,2-5,10-11H2,1H3,(H,22,25). The van der Waals surface area contributed by atoms with Crippen LogP contribution in [-0.4, -0.2) is 31.0 Å². The minimum Gasteiger partial charge on any atom is -0.495 e. The van der Waals surface area contributed by atoms with Crippen molar-refractivity contribution in [2.45, 2.75) is 25.7 Å². The number of carbonyl (C=O) groups is 1. The van der Waals surface area contributed by atoms with Crippen LogP contribution in [0.2, 0.25) is 5.02 Å². The first-order valence-electron chi connectivity index (χ1n) is 9.18. The van der Waals surface area contributed by atoms with Gasteiger partial charge in [0.25, 0.3) is 11.6 Å². The maximum atomic E-state index is 12.7. The number of nitrogens with zero attached hydrogens (tertiary/aromatic N) is 2. The molecular formula is C20H22ClN3O4. The highest BCUT2D eigenvalue weighted by molar-refractivity contribution is 6.31. The lowest BCUT2D eigenvalue weighted by molar-refractivity contribution is -0.384. The summed E-state index contributed by atoms with van der Waals surface area (Å²) < 4.78 is 5.22. The lowest BCUT2D eigenvalue weighted by Crippen LogP contribution is -2.25. The molecule has 1 aliphatic rings. The highest BCUT2D eigenvalue weighted by Crippen LogP contribution is 2.32. The van der Waals surface area contributed by atoms with E-state index in [1.54, 1.807) is 30.3 Å². The van der Waals surface area contributed by atoms with Crippen molar-refractivity contribution in [1.29, 1.82) is 0 Å². The molecule has 0 aliphatic carbocycles. The number of hydrogen-bond acceptors (Lipinski definition) is 5. The fourth-order valence-corrected chi connectivity index (χ4v) is 3.53. The fraction of sp³-hybridized carbons (Fsp3) is 0.350. The smallest absolute Gasteiger partial charge is 0.293 e. The Morgan fingerprint density at radius 3 is 2.50 bits per heavy atom. The average molecular weight is 404 g/mol. The molecule has 0 bridgehead atoms. The van der Waals surface area contributed by atoms with Crippen LogP contribution >= 0.6 is 11.6 Å². The van der Waals surface area contributed by atoms with Gasteiger partial charge in [0, 0.05) is 29.7 Å². The third-order valence-electron chi connectivity index (χ3n) is 4.79. The van der Waals surface area contributed by atoms with E-state index >= 15 is 0 Å². The Kier molecular flexibility index (Phi) is 6.36. The summed E-state index contributed by atoms with van der Waals surface area (Å²) in [5.41, 5.74) is 1.10. The van der Waals surface area contributed by atoms with Crippen LogP contribution in [0.5, 0.6) is 5.75 Å². The topological polar surface area (TPSA) is 84.7 Å². The van der Waals surface area contributed by atoms with E-state index in [0.717, 1.165) is 38.8 Å². The zero-order valence-corrected chi connectivity index (χ0v) is 16.4. The van der Waals surface area contributed by atoms with E-state index < -0.39 is 10.8 Å². The molecule has 2 aromatic carbocycles. The van der Waals surface area contributed by atoms with Crippen LogP contribution in [-0.2, 0) is 0 Å². The summed E-state index contributed by atoms with van der Waals surface area (Å²) in [4.78, 5) is 25.9.